The van der Waals surface area contributed by atoms with Crippen molar-refractivity contribution in [3.05, 3.63) is 45.7 Å². The number of nitrogens with zero attached hydrogens (tertiary/aromatic N) is 2. The molecule has 1 amide bonds. The van der Waals surface area contributed by atoms with Gasteiger partial charge >= 0.3 is 0 Å². The molecular weight excluding hydrogens is 381 g/mol. The van der Waals surface area contributed by atoms with Crippen molar-refractivity contribution in [3.63, 3.8) is 0 Å². The highest BCUT2D eigenvalue weighted by Crippen LogP contribution is 2.21. The Morgan fingerprint density at radius 2 is 2.00 bits per heavy atom. The van der Waals surface area contributed by atoms with Crippen molar-refractivity contribution in [3.8, 4) is 5.75 Å². The highest BCUT2D eigenvalue weighted by Gasteiger charge is 2.29. The first kappa shape index (κ1) is 20.7. The third-order valence-electron chi connectivity index (χ3n) is 4.77. The highest BCUT2D eigenvalue weighted by atomic mass is 32.1. The average molecular weight is 408 g/mol. The maximum Gasteiger partial charge on any atom is 0.263 e. The van der Waals surface area contributed by atoms with Crippen molar-refractivity contribution in [2.24, 2.45) is 0 Å². The van der Waals surface area contributed by atoms with Gasteiger partial charge in [0.05, 0.1) is 18.9 Å². The number of carbonyl (C=O) groups excluding carboxylic acids is 1. The largest absolute Gasteiger partial charge is 0.486 e. The average Bonchev–Trinajstić information content (AvgIpc) is 3.07. The Morgan fingerprint density at radius 3 is 2.68 bits per heavy atom. The van der Waals surface area contributed by atoms with Gasteiger partial charge in [0.1, 0.15) is 28.1 Å². The summed E-state index contributed by atoms with van der Waals surface area (Å²) < 4.78 is 24.0. The fourth-order valence-electron chi connectivity index (χ4n) is 3.06. The van der Waals surface area contributed by atoms with Crippen LogP contribution in [0, 0.1) is 12.7 Å². The summed E-state index contributed by atoms with van der Waals surface area (Å²) in [4.78, 5) is 20.0. The minimum Gasteiger partial charge on any atom is -0.486 e. The van der Waals surface area contributed by atoms with Gasteiger partial charge in [-0.2, -0.15) is 0 Å². The molecule has 6 nitrogen and oxygen atoms in total. The number of morpholine rings is 1. The summed E-state index contributed by atoms with van der Waals surface area (Å²) in [6.07, 6.45) is 0. The minimum absolute atomic E-state index is 0.121. The molecule has 1 fully saturated rings. The molecule has 0 atom stereocenters. The van der Waals surface area contributed by atoms with Gasteiger partial charge in [-0.15, -0.1) is 11.3 Å². The summed E-state index contributed by atoms with van der Waals surface area (Å²) in [5.41, 5.74) is 0.538. The second-order valence-corrected chi connectivity index (χ2v) is 8.44. The normalized spacial score (nSPS) is 15.4. The lowest BCUT2D eigenvalue weighted by molar-refractivity contribution is -0.00922. The van der Waals surface area contributed by atoms with Crippen molar-refractivity contribution in [2.75, 3.05) is 32.8 Å². The number of nitrogens with one attached hydrogen (secondary N) is 1. The number of rotatable bonds is 7. The molecule has 8 heteroatoms. The van der Waals surface area contributed by atoms with Crippen molar-refractivity contribution < 1.29 is 18.7 Å². The number of amides is 1. The summed E-state index contributed by atoms with van der Waals surface area (Å²) >= 11 is 1.32. The van der Waals surface area contributed by atoms with Gasteiger partial charge in [0.15, 0.2) is 0 Å². The van der Waals surface area contributed by atoms with Crippen LogP contribution in [0.2, 0.25) is 0 Å². The Bertz CT molecular complexity index is 802. The first-order valence-corrected chi connectivity index (χ1v) is 10.1. The Hall–Kier alpha value is -2.03. The number of thiazole rings is 1. The number of hydrogen-bond acceptors (Lipinski definition) is 6. The summed E-state index contributed by atoms with van der Waals surface area (Å²) in [6, 6.07) is 5.82. The van der Waals surface area contributed by atoms with Crippen LogP contribution in [-0.4, -0.2) is 54.2 Å². The van der Waals surface area contributed by atoms with Crippen LogP contribution in [0.4, 0.5) is 4.39 Å². The molecule has 2 aromatic rings. The first-order valence-electron chi connectivity index (χ1n) is 9.31. The smallest absolute Gasteiger partial charge is 0.263 e. The topological polar surface area (TPSA) is 63.7 Å². The zero-order valence-corrected chi connectivity index (χ0v) is 17.3. The number of carbonyl (C=O) groups is 1. The van der Waals surface area contributed by atoms with Gasteiger partial charge in [-0.25, -0.2) is 9.37 Å². The van der Waals surface area contributed by atoms with Crippen LogP contribution in [0.15, 0.2) is 24.3 Å². The fourth-order valence-corrected chi connectivity index (χ4v) is 3.95. The maximum atomic E-state index is 13.0. The molecule has 1 aromatic heterocycles. The lowest BCUT2D eigenvalue weighted by Crippen LogP contribution is -2.55. The van der Waals surface area contributed by atoms with E-state index in [2.05, 4.69) is 29.0 Å². The van der Waals surface area contributed by atoms with Crippen molar-refractivity contribution in [1.29, 1.82) is 0 Å². The van der Waals surface area contributed by atoms with Crippen LogP contribution in [0.5, 0.6) is 5.75 Å². The predicted octanol–water partition coefficient (Wildman–Crippen LogP) is 3.01. The van der Waals surface area contributed by atoms with E-state index in [1.54, 1.807) is 12.1 Å². The van der Waals surface area contributed by atoms with E-state index in [0.29, 0.717) is 27.9 Å². The van der Waals surface area contributed by atoms with Crippen LogP contribution in [0.3, 0.4) is 0 Å². The second-order valence-electron chi connectivity index (χ2n) is 7.36. The molecule has 1 aliphatic rings. The molecule has 28 heavy (non-hydrogen) atoms. The monoisotopic (exact) mass is 407 g/mol. The molecule has 2 heterocycles. The number of halogens is 1. The molecule has 1 aliphatic heterocycles. The molecule has 3 rings (SSSR count). The van der Waals surface area contributed by atoms with Gasteiger partial charge in [-0.05, 0) is 45.0 Å². The van der Waals surface area contributed by atoms with E-state index >= 15 is 0 Å². The van der Waals surface area contributed by atoms with E-state index < -0.39 is 0 Å². The van der Waals surface area contributed by atoms with Crippen molar-refractivity contribution in [2.45, 2.75) is 32.9 Å². The number of aromatic nitrogens is 1. The molecule has 0 aliphatic carbocycles. The zero-order chi connectivity index (χ0) is 20.1. The van der Waals surface area contributed by atoms with Crippen molar-refractivity contribution >= 4 is 17.2 Å². The van der Waals surface area contributed by atoms with Gasteiger partial charge in [-0.3, -0.25) is 9.69 Å². The van der Waals surface area contributed by atoms with E-state index in [1.807, 2.05) is 6.92 Å². The standard InChI is InChI=1S/C20H26FN3O3S/c1-14-18(19(25)22-13-20(2,3)24-8-10-26-11-9-24)28-17(23-14)12-27-16-6-4-15(21)5-7-16/h4-7H,8-13H2,1-3H3,(H,22,25). The van der Waals surface area contributed by atoms with Gasteiger partial charge in [0, 0.05) is 25.2 Å². The molecule has 0 bridgehead atoms. The zero-order valence-electron chi connectivity index (χ0n) is 16.5. The number of benzene rings is 1. The van der Waals surface area contributed by atoms with Crippen LogP contribution in [0.1, 0.15) is 34.2 Å². The molecule has 0 unspecified atom stereocenters. The quantitative estimate of drug-likeness (QED) is 0.764. The number of aryl methyl sites for hydroxylation is 1. The van der Waals surface area contributed by atoms with Crippen LogP contribution < -0.4 is 10.1 Å². The summed E-state index contributed by atoms with van der Waals surface area (Å²) in [6.45, 7) is 10.0. The Morgan fingerprint density at radius 1 is 1.32 bits per heavy atom. The van der Waals surface area contributed by atoms with E-state index in [9.17, 15) is 9.18 Å². The van der Waals surface area contributed by atoms with E-state index in [4.69, 9.17) is 9.47 Å². The summed E-state index contributed by atoms with van der Waals surface area (Å²) in [5.74, 6) is 0.133. The third kappa shape index (κ3) is 5.27. The summed E-state index contributed by atoms with van der Waals surface area (Å²) in [5, 5.41) is 3.75. The van der Waals surface area contributed by atoms with Gasteiger partial charge in [0.25, 0.3) is 5.91 Å². The van der Waals surface area contributed by atoms with Crippen LogP contribution in [-0.2, 0) is 11.3 Å². The fraction of sp³-hybridized carbons (Fsp3) is 0.500. The molecule has 1 N–H and O–H groups in total. The summed E-state index contributed by atoms with van der Waals surface area (Å²) in [7, 11) is 0. The van der Waals surface area contributed by atoms with E-state index in [-0.39, 0.29) is 23.9 Å². The predicted molar refractivity (Wildman–Crippen MR) is 106 cm³/mol. The second kappa shape index (κ2) is 8.98. The molecule has 152 valence electrons. The van der Waals surface area contributed by atoms with Gasteiger partial charge in [-0.1, -0.05) is 0 Å². The SMILES string of the molecule is Cc1nc(COc2ccc(F)cc2)sc1C(=O)NCC(C)(C)N1CCOCC1. The highest BCUT2D eigenvalue weighted by molar-refractivity contribution is 7.13. The number of hydrogen-bond donors (Lipinski definition) is 1. The van der Waals surface area contributed by atoms with Gasteiger partial charge in [0.2, 0.25) is 0 Å². The molecule has 1 saturated heterocycles. The molecule has 1 aromatic carbocycles. The van der Waals surface area contributed by atoms with Crippen LogP contribution >= 0.6 is 11.3 Å². The molecule has 0 saturated carbocycles. The first-order chi connectivity index (χ1) is 13.3. The Labute approximate surface area is 168 Å². The Balaban J connectivity index is 1.55. The maximum absolute atomic E-state index is 13.0. The van der Waals surface area contributed by atoms with Crippen LogP contribution in [0.25, 0.3) is 0 Å². The molecular formula is C20H26FN3O3S. The lowest BCUT2D eigenvalue weighted by Gasteiger charge is -2.40. The van der Waals surface area contributed by atoms with Crippen molar-refractivity contribution in [1.82, 2.24) is 15.2 Å². The third-order valence-corrected chi connectivity index (χ3v) is 5.90. The lowest BCUT2D eigenvalue weighted by atomic mass is 10.0. The van der Waals surface area contributed by atoms with E-state index in [1.165, 1.54) is 23.5 Å². The molecule has 0 spiro atoms. The Kier molecular flexibility index (Phi) is 6.64. The van der Waals surface area contributed by atoms with Gasteiger partial charge < -0.3 is 14.8 Å². The van der Waals surface area contributed by atoms with E-state index in [0.717, 1.165) is 26.3 Å². The number of ether oxygens (including phenoxy) is 2. The minimum atomic E-state index is -0.309. The molecule has 0 radical (unpaired) electrons.